The van der Waals surface area contributed by atoms with E-state index in [-0.39, 0.29) is 41.7 Å². The molecule has 1 aromatic carbocycles. The van der Waals surface area contributed by atoms with E-state index >= 15 is 0 Å². The van der Waals surface area contributed by atoms with Crippen LogP contribution in [0.15, 0.2) is 18.2 Å². The SMILES string of the molecule is CCCN1CCN(c2ccc(C(N)=O)c([C@H](CC(C)(C)C)C(=O)N3C[C@H](C(C)C)[C@H]4OCC(=O)[C@H]43)c2)CC1. The number of nitrogens with two attached hydrogens (primary N) is 1. The zero-order chi connectivity index (χ0) is 27.8. The first-order chi connectivity index (χ1) is 17.9. The van der Waals surface area contributed by atoms with Crippen LogP contribution in [0.4, 0.5) is 5.69 Å². The maximum absolute atomic E-state index is 14.4. The number of primary amides is 1. The average Bonchev–Trinajstić information content (AvgIpc) is 3.42. The summed E-state index contributed by atoms with van der Waals surface area (Å²) in [6.07, 6.45) is 1.41. The summed E-state index contributed by atoms with van der Waals surface area (Å²) >= 11 is 0. The number of ketones is 1. The van der Waals surface area contributed by atoms with Gasteiger partial charge < -0.3 is 20.3 Å². The molecule has 3 aliphatic heterocycles. The number of Topliss-reactive ketones (excluding diaryl/α,β-unsaturated/α-hetero) is 1. The lowest BCUT2D eigenvalue weighted by Crippen LogP contribution is -2.46. The lowest BCUT2D eigenvalue weighted by atomic mass is 9.79. The van der Waals surface area contributed by atoms with Crippen molar-refractivity contribution >= 4 is 23.3 Å². The topological polar surface area (TPSA) is 96.2 Å². The molecule has 38 heavy (non-hydrogen) atoms. The van der Waals surface area contributed by atoms with Gasteiger partial charge in [-0.3, -0.25) is 19.3 Å². The lowest BCUT2D eigenvalue weighted by molar-refractivity contribution is -0.138. The van der Waals surface area contributed by atoms with Crippen LogP contribution in [-0.4, -0.2) is 85.4 Å². The minimum atomic E-state index is -0.584. The Morgan fingerprint density at radius 1 is 1.13 bits per heavy atom. The van der Waals surface area contributed by atoms with E-state index in [0.29, 0.717) is 24.1 Å². The van der Waals surface area contributed by atoms with Crippen molar-refractivity contribution in [2.24, 2.45) is 23.0 Å². The summed E-state index contributed by atoms with van der Waals surface area (Å²) in [6, 6.07) is 5.18. The largest absolute Gasteiger partial charge is 0.369 e. The third-order valence-electron chi connectivity index (χ3n) is 8.43. The summed E-state index contributed by atoms with van der Waals surface area (Å²) < 4.78 is 5.89. The van der Waals surface area contributed by atoms with Crippen molar-refractivity contribution < 1.29 is 19.1 Å². The predicted octanol–water partition coefficient (Wildman–Crippen LogP) is 3.29. The molecule has 4 rings (SSSR count). The number of carbonyl (C=O) groups excluding carboxylic acids is 3. The Morgan fingerprint density at radius 3 is 2.39 bits per heavy atom. The van der Waals surface area contributed by atoms with Gasteiger partial charge in [-0.25, -0.2) is 0 Å². The molecule has 0 aliphatic carbocycles. The van der Waals surface area contributed by atoms with E-state index in [9.17, 15) is 14.4 Å². The molecule has 3 saturated heterocycles. The van der Waals surface area contributed by atoms with Crippen LogP contribution in [0, 0.1) is 17.3 Å². The summed E-state index contributed by atoms with van der Waals surface area (Å²) in [5.74, 6) is -0.876. The highest BCUT2D eigenvalue weighted by Gasteiger charge is 2.54. The van der Waals surface area contributed by atoms with Gasteiger partial charge in [0.15, 0.2) is 5.78 Å². The van der Waals surface area contributed by atoms with Crippen LogP contribution in [0.3, 0.4) is 0 Å². The molecule has 4 atom stereocenters. The van der Waals surface area contributed by atoms with Crippen molar-refractivity contribution in [3.8, 4) is 0 Å². The smallest absolute Gasteiger partial charge is 0.249 e. The Morgan fingerprint density at radius 2 is 1.82 bits per heavy atom. The van der Waals surface area contributed by atoms with Crippen LogP contribution in [0.1, 0.15) is 76.2 Å². The van der Waals surface area contributed by atoms with E-state index in [1.807, 2.05) is 12.1 Å². The minimum Gasteiger partial charge on any atom is -0.369 e. The predicted molar refractivity (Wildman–Crippen MR) is 149 cm³/mol. The Bertz CT molecular complexity index is 1040. The minimum absolute atomic E-state index is 0.0326. The molecule has 0 saturated carbocycles. The molecule has 2 amide bonds. The quantitative estimate of drug-likeness (QED) is 0.559. The van der Waals surface area contributed by atoms with Crippen molar-refractivity contribution in [1.29, 1.82) is 0 Å². The van der Waals surface area contributed by atoms with Gasteiger partial charge in [0.05, 0.1) is 12.0 Å². The van der Waals surface area contributed by atoms with Crippen molar-refractivity contribution in [3.63, 3.8) is 0 Å². The second kappa shape index (κ2) is 11.3. The molecule has 1 aromatic rings. The molecule has 0 bridgehead atoms. The van der Waals surface area contributed by atoms with E-state index in [4.69, 9.17) is 10.5 Å². The van der Waals surface area contributed by atoms with Crippen LogP contribution in [0.25, 0.3) is 0 Å². The third-order valence-corrected chi connectivity index (χ3v) is 8.43. The summed E-state index contributed by atoms with van der Waals surface area (Å²) in [7, 11) is 0. The fraction of sp³-hybridized carbons (Fsp3) is 0.700. The van der Waals surface area contributed by atoms with Gasteiger partial charge in [-0.1, -0.05) is 41.5 Å². The van der Waals surface area contributed by atoms with Gasteiger partial charge in [0.2, 0.25) is 11.8 Å². The van der Waals surface area contributed by atoms with E-state index in [1.165, 1.54) is 0 Å². The van der Waals surface area contributed by atoms with E-state index in [1.54, 1.807) is 11.0 Å². The maximum atomic E-state index is 14.4. The Kier molecular flexibility index (Phi) is 8.52. The van der Waals surface area contributed by atoms with Crippen LogP contribution < -0.4 is 10.6 Å². The molecule has 3 fully saturated rings. The van der Waals surface area contributed by atoms with Crippen molar-refractivity contribution in [1.82, 2.24) is 9.80 Å². The molecule has 0 radical (unpaired) electrons. The molecule has 0 unspecified atom stereocenters. The van der Waals surface area contributed by atoms with Gasteiger partial charge in [0.25, 0.3) is 0 Å². The number of ether oxygens (including phenoxy) is 1. The fourth-order valence-corrected chi connectivity index (χ4v) is 6.46. The number of anilines is 1. The monoisotopic (exact) mass is 526 g/mol. The number of amides is 2. The molecule has 0 spiro atoms. The van der Waals surface area contributed by atoms with Crippen LogP contribution in [0.2, 0.25) is 0 Å². The Hall–Kier alpha value is -2.45. The van der Waals surface area contributed by atoms with Crippen molar-refractivity contribution in [2.45, 2.75) is 72.4 Å². The van der Waals surface area contributed by atoms with Crippen LogP contribution in [-0.2, 0) is 14.3 Å². The standard InChI is InChI=1S/C30H46N4O4/c1-7-10-32-11-13-33(14-12-32)20-8-9-21(28(31)36)22(15-20)23(16-30(4,5)6)29(37)34-17-24(19(2)3)27-26(34)25(35)18-38-27/h8-9,15,19,23-24,26-27H,7,10-14,16-18H2,1-6H3,(H2,31,36)/t23-,24+,26+,27+/m0/s1. The zero-order valence-electron chi connectivity index (χ0n) is 24.0. The van der Waals surface area contributed by atoms with E-state index in [2.05, 4.69) is 51.3 Å². The number of carbonyl (C=O) groups is 3. The van der Waals surface area contributed by atoms with Crippen LogP contribution >= 0.6 is 0 Å². The van der Waals surface area contributed by atoms with Gasteiger partial charge >= 0.3 is 0 Å². The summed E-state index contributed by atoms with van der Waals surface area (Å²) in [6.45, 7) is 18.1. The molecule has 0 aromatic heterocycles. The molecule has 8 nitrogen and oxygen atoms in total. The molecule has 2 N–H and O–H groups in total. The van der Waals surface area contributed by atoms with Gasteiger partial charge in [-0.15, -0.1) is 0 Å². The summed E-state index contributed by atoms with van der Waals surface area (Å²) in [5, 5.41) is 0. The second-order valence-corrected chi connectivity index (χ2v) is 12.9. The maximum Gasteiger partial charge on any atom is 0.249 e. The summed E-state index contributed by atoms with van der Waals surface area (Å²) in [5.41, 5.74) is 7.73. The molecular formula is C30H46N4O4. The number of fused-ring (bicyclic) bond motifs is 1. The average molecular weight is 527 g/mol. The molecule has 210 valence electrons. The number of hydrogen-bond acceptors (Lipinski definition) is 6. The fourth-order valence-electron chi connectivity index (χ4n) is 6.46. The highest BCUT2D eigenvalue weighted by Crippen LogP contribution is 2.41. The normalized spacial score (nSPS) is 25.2. The number of nitrogens with zero attached hydrogens (tertiary/aromatic N) is 3. The number of likely N-dealkylation sites (tertiary alicyclic amines) is 1. The molecule has 8 heteroatoms. The molecular weight excluding hydrogens is 480 g/mol. The highest BCUT2D eigenvalue weighted by molar-refractivity contribution is 5.99. The van der Waals surface area contributed by atoms with Gasteiger partial charge in [0.1, 0.15) is 12.6 Å². The lowest BCUT2D eigenvalue weighted by Gasteiger charge is -2.37. The van der Waals surface area contributed by atoms with Crippen LogP contribution in [0.5, 0.6) is 0 Å². The first-order valence-corrected chi connectivity index (χ1v) is 14.3. The highest BCUT2D eigenvalue weighted by atomic mass is 16.5. The number of piperazine rings is 1. The van der Waals surface area contributed by atoms with E-state index < -0.39 is 17.9 Å². The third kappa shape index (κ3) is 5.91. The Balaban J connectivity index is 1.71. The first-order valence-electron chi connectivity index (χ1n) is 14.3. The van der Waals surface area contributed by atoms with Crippen molar-refractivity contribution in [3.05, 3.63) is 29.3 Å². The first kappa shape index (κ1) is 28.6. The number of rotatable bonds is 8. The Labute approximate surface area is 227 Å². The second-order valence-electron chi connectivity index (χ2n) is 12.9. The summed E-state index contributed by atoms with van der Waals surface area (Å²) in [4.78, 5) is 46.5. The van der Waals surface area contributed by atoms with Gasteiger partial charge in [-0.2, -0.15) is 0 Å². The van der Waals surface area contributed by atoms with Gasteiger partial charge in [-0.05, 0) is 54.5 Å². The number of benzene rings is 1. The number of hydrogen-bond donors (Lipinski definition) is 1. The van der Waals surface area contributed by atoms with E-state index in [0.717, 1.165) is 44.8 Å². The van der Waals surface area contributed by atoms with Gasteiger partial charge in [0, 0.05) is 49.9 Å². The molecule has 3 aliphatic rings. The molecule has 3 heterocycles. The van der Waals surface area contributed by atoms with Crippen molar-refractivity contribution in [2.75, 3.05) is 50.8 Å². The zero-order valence-corrected chi connectivity index (χ0v) is 24.0.